The molecule has 0 heterocycles. The fourth-order valence-electron chi connectivity index (χ4n) is 2.74. The van der Waals surface area contributed by atoms with Crippen LogP contribution in [0.15, 0.2) is 36.4 Å². The summed E-state index contributed by atoms with van der Waals surface area (Å²) in [5.74, 6) is 0.842. The van der Waals surface area contributed by atoms with E-state index < -0.39 is 18.5 Å². The van der Waals surface area contributed by atoms with Crippen molar-refractivity contribution in [1.82, 2.24) is 5.32 Å². The van der Waals surface area contributed by atoms with Crippen LogP contribution in [0, 0.1) is 13.8 Å². The summed E-state index contributed by atoms with van der Waals surface area (Å²) >= 11 is 0. The molecule has 29 heavy (non-hydrogen) atoms. The molecule has 1 atom stereocenters. The van der Waals surface area contributed by atoms with Gasteiger partial charge in [0, 0.05) is 5.56 Å². The Morgan fingerprint density at radius 3 is 2.45 bits per heavy atom. The van der Waals surface area contributed by atoms with Crippen LogP contribution in [-0.2, 0) is 14.3 Å². The van der Waals surface area contributed by atoms with Crippen LogP contribution in [0.2, 0.25) is 0 Å². The second kappa shape index (κ2) is 10.4. The number of amides is 1. The maximum atomic E-state index is 12.2. The Labute approximate surface area is 170 Å². The zero-order valence-electron chi connectivity index (χ0n) is 17.4. The second-order valence-corrected chi connectivity index (χ2v) is 6.54. The van der Waals surface area contributed by atoms with Gasteiger partial charge in [-0.3, -0.25) is 4.79 Å². The Morgan fingerprint density at radius 1 is 1.00 bits per heavy atom. The van der Waals surface area contributed by atoms with Crippen molar-refractivity contribution in [3.8, 4) is 17.2 Å². The van der Waals surface area contributed by atoms with E-state index in [1.54, 1.807) is 45.4 Å². The minimum Gasteiger partial charge on any atom is -0.497 e. The molecule has 0 radical (unpaired) electrons. The summed E-state index contributed by atoms with van der Waals surface area (Å²) in [5, 5.41) is 2.78. The van der Waals surface area contributed by atoms with Crippen molar-refractivity contribution in [2.45, 2.75) is 26.8 Å². The molecule has 0 aliphatic heterocycles. The monoisotopic (exact) mass is 401 g/mol. The van der Waals surface area contributed by atoms with Crippen LogP contribution in [-0.4, -0.2) is 39.3 Å². The lowest BCUT2D eigenvalue weighted by atomic mass is 10.1. The van der Waals surface area contributed by atoms with E-state index in [0.717, 1.165) is 16.7 Å². The molecule has 0 aromatic heterocycles. The number of nitrogens with one attached hydrogen (secondary N) is 1. The van der Waals surface area contributed by atoms with Gasteiger partial charge >= 0.3 is 5.97 Å². The number of methoxy groups -OCH3 is 2. The zero-order chi connectivity index (χ0) is 21.4. The molecular weight excluding hydrogens is 374 g/mol. The zero-order valence-corrected chi connectivity index (χ0v) is 17.4. The van der Waals surface area contributed by atoms with Crippen LogP contribution in [0.1, 0.15) is 29.7 Å². The molecule has 0 saturated carbocycles. The molecule has 0 saturated heterocycles. The number of hydrogen-bond acceptors (Lipinski definition) is 6. The quantitative estimate of drug-likeness (QED) is 0.650. The van der Waals surface area contributed by atoms with Crippen LogP contribution in [0.5, 0.6) is 17.2 Å². The Bertz CT molecular complexity index is 864. The molecule has 0 unspecified atom stereocenters. The number of benzene rings is 2. The molecule has 0 bridgehead atoms. The van der Waals surface area contributed by atoms with Crippen LogP contribution in [0.25, 0.3) is 0 Å². The number of carbonyl (C=O) groups excluding carboxylic acids is 2. The van der Waals surface area contributed by atoms with Gasteiger partial charge in [-0.1, -0.05) is 12.1 Å². The largest absolute Gasteiger partial charge is 0.497 e. The minimum absolute atomic E-state index is 0.267. The van der Waals surface area contributed by atoms with Crippen LogP contribution in [0.4, 0.5) is 0 Å². The lowest BCUT2D eigenvalue weighted by molar-refractivity contribution is -0.150. The van der Waals surface area contributed by atoms with Gasteiger partial charge in [0.2, 0.25) is 0 Å². The molecule has 0 aliphatic rings. The predicted molar refractivity (Wildman–Crippen MR) is 108 cm³/mol. The summed E-state index contributed by atoms with van der Waals surface area (Å²) < 4.78 is 21.0. The van der Waals surface area contributed by atoms with E-state index in [1.807, 2.05) is 26.0 Å². The molecule has 7 nitrogen and oxygen atoms in total. The molecule has 0 spiro atoms. The predicted octanol–water partition coefficient (Wildman–Crippen LogP) is 3.12. The van der Waals surface area contributed by atoms with Crippen LogP contribution < -0.4 is 19.5 Å². The van der Waals surface area contributed by atoms with Crippen molar-refractivity contribution in [2.24, 2.45) is 0 Å². The molecule has 2 aromatic carbocycles. The average Bonchev–Trinajstić information content (AvgIpc) is 2.72. The van der Waals surface area contributed by atoms with E-state index in [2.05, 4.69) is 5.32 Å². The summed E-state index contributed by atoms with van der Waals surface area (Å²) in [6, 6.07) is 10.6. The highest BCUT2D eigenvalue weighted by atomic mass is 16.6. The van der Waals surface area contributed by atoms with E-state index in [9.17, 15) is 9.59 Å². The Hall–Kier alpha value is -3.22. The Morgan fingerprint density at radius 2 is 1.76 bits per heavy atom. The molecule has 7 heteroatoms. The molecule has 0 fully saturated rings. The number of esters is 1. The first-order chi connectivity index (χ1) is 13.8. The summed E-state index contributed by atoms with van der Waals surface area (Å²) in [7, 11) is 3.12. The minimum atomic E-state index is -0.618. The lowest BCUT2D eigenvalue weighted by Crippen LogP contribution is -2.32. The maximum Gasteiger partial charge on any atom is 0.344 e. The van der Waals surface area contributed by atoms with Crippen molar-refractivity contribution >= 4 is 11.9 Å². The molecule has 156 valence electrons. The Balaban J connectivity index is 1.84. The smallest absolute Gasteiger partial charge is 0.344 e. The number of carbonyl (C=O) groups is 2. The van der Waals surface area contributed by atoms with Crippen molar-refractivity contribution in [3.05, 3.63) is 53.1 Å². The summed E-state index contributed by atoms with van der Waals surface area (Å²) in [6.45, 7) is 5.02. The van der Waals surface area contributed by atoms with Crippen LogP contribution in [0.3, 0.4) is 0 Å². The van der Waals surface area contributed by atoms with E-state index in [1.165, 1.54) is 0 Å². The fourth-order valence-corrected chi connectivity index (χ4v) is 2.74. The third-order valence-electron chi connectivity index (χ3n) is 4.55. The van der Waals surface area contributed by atoms with Gasteiger partial charge in [-0.05, 0) is 56.2 Å². The van der Waals surface area contributed by atoms with E-state index in [-0.39, 0.29) is 12.6 Å². The molecule has 0 aliphatic carbocycles. The summed E-state index contributed by atoms with van der Waals surface area (Å²) in [6.07, 6.45) is 0. The fraction of sp³-hybridized carbons (Fsp3) is 0.364. The number of ether oxygens (including phenoxy) is 4. The number of rotatable bonds is 9. The SMILES string of the molecule is COc1ccc(OC)c([C@H](C)NC(=O)COC(=O)COc2cccc(C)c2C)c1. The van der Waals surface area contributed by atoms with Gasteiger partial charge < -0.3 is 24.3 Å². The normalized spacial score (nSPS) is 11.3. The van der Waals surface area contributed by atoms with Gasteiger partial charge in [0.25, 0.3) is 5.91 Å². The highest BCUT2D eigenvalue weighted by molar-refractivity contribution is 5.81. The van der Waals surface area contributed by atoms with Crippen LogP contribution >= 0.6 is 0 Å². The van der Waals surface area contributed by atoms with Gasteiger partial charge in [0.15, 0.2) is 13.2 Å². The molecule has 1 N–H and O–H groups in total. The number of hydrogen-bond donors (Lipinski definition) is 1. The summed E-state index contributed by atoms with van der Waals surface area (Å²) in [4.78, 5) is 24.1. The van der Waals surface area contributed by atoms with E-state index in [0.29, 0.717) is 17.2 Å². The van der Waals surface area contributed by atoms with Crippen molar-refractivity contribution < 1.29 is 28.5 Å². The summed E-state index contributed by atoms with van der Waals surface area (Å²) in [5.41, 5.74) is 2.78. The number of aryl methyl sites for hydroxylation is 1. The van der Waals surface area contributed by atoms with Gasteiger partial charge in [-0.25, -0.2) is 4.79 Å². The first-order valence-corrected chi connectivity index (χ1v) is 9.21. The van der Waals surface area contributed by atoms with Gasteiger partial charge in [-0.2, -0.15) is 0 Å². The third kappa shape index (κ3) is 6.14. The molecular formula is C22H27NO6. The average molecular weight is 401 g/mol. The van der Waals surface area contributed by atoms with Gasteiger partial charge in [-0.15, -0.1) is 0 Å². The third-order valence-corrected chi connectivity index (χ3v) is 4.55. The first-order valence-electron chi connectivity index (χ1n) is 9.21. The standard InChI is InChI=1S/C22H27NO6/c1-14-7-6-8-19(15(14)2)28-13-22(25)29-12-21(24)23-16(3)18-11-17(26-4)9-10-20(18)27-5/h6-11,16H,12-13H2,1-5H3,(H,23,24)/t16-/m0/s1. The second-order valence-electron chi connectivity index (χ2n) is 6.54. The molecule has 1 amide bonds. The van der Waals surface area contributed by atoms with Gasteiger partial charge in [0.1, 0.15) is 17.2 Å². The highest BCUT2D eigenvalue weighted by Gasteiger charge is 2.16. The topological polar surface area (TPSA) is 83.1 Å². The first kappa shape index (κ1) is 22.1. The van der Waals surface area contributed by atoms with E-state index >= 15 is 0 Å². The Kier molecular flexibility index (Phi) is 7.88. The van der Waals surface area contributed by atoms with Crippen molar-refractivity contribution in [1.29, 1.82) is 0 Å². The molecule has 2 rings (SSSR count). The maximum absolute atomic E-state index is 12.2. The lowest BCUT2D eigenvalue weighted by Gasteiger charge is -2.18. The highest BCUT2D eigenvalue weighted by Crippen LogP contribution is 2.29. The van der Waals surface area contributed by atoms with Gasteiger partial charge in [0.05, 0.1) is 20.3 Å². The molecule has 2 aromatic rings. The van der Waals surface area contributed by atoms with Crippen molar-refractivity contribution in [3.63, 3.8) is 0 Å². The van der Waals surface area contributed by atoms with Crippen molar-refractivity contribution in [2.75, 3.05) is 27.4 Å². The van der Waals surface area contributed by atoms with E-state index in [4.69, 9.17) is 18.9 Å².